The molecule has 0 aliphatic heterocycles. The number of nitrogens with one attached hydrogen (secondary N) is 1. The van der Waals surface area contributed by atoms with Crippen LogP contribution in [0.3, 0.4) is 0 Å². The number of benzene rings is 1. The third-order valence-electron chi connectivity index (χ3n) is 4.41. The van der Waals surface area contributed by atoms with Crippen LogP contribution in [0.5, 0.6) is 0 Å². The highest BCUT2D eigenvalue weighted by Crippen LogP contribution is 2.27. The van der Waals surface area contributed by atoms with E-state index in [1.54, 1.807) is 13.0 Å². The molecule has 0 spiro atoms. The maximum Gasteiger partial charge on any atom is 0.263 e. The van der Waals surface area contributed by atoms with Gasteiger partial charge in [0.05, 0.1) is 16.6 Å². The van der Waals surface area contributed by atoms with Crippen molar-refractivity contribution in [2.45, 2.75) is 33.2 Å². The van der Waals surface area contributed by atoms with E-state index in [4.69, 9.17) is 5.73 Å². The zero-order valence-electron chi connectivity index (χ0n) is 15.3. The first kappa shape index (κ1) is 18.8. The second kappa shape index (κ2) is 7.32. The predicted octanol–water partition coefficient (Wildman–Crippen LogP) is 2.76. The Balaban J connectivity index is 2.02. The first-order chi connectivity index (χ1) is 12.8. The first-order valence-corrected chi connectivity index (χ1v) is 9.32. The van der Waals surface area contributed by atoms with Crippen LogP contribution in [0.1, 0.15) is 40.2 Å². The lowest BCUT2D eigenvalue weighted by molar-refractivity contribution is -0.119. The molecule has 1 unspecified atom stereocenters. The Bertz CT molecular complexity index is 1100. The van der Waals surface area contributed by atoms with Crippen LogP contribution >= 0.6 is 11.3 Å². The number of nitrogens with two attached hydrogens (primary N) is 1. The summed E-state index contributed by atoms with van der Waals surface area (Å²) in [5.74, 6) is -0.889. The maximum atomic E-state index is 13.0. The van der Waals surface area contributed by atoms with E-state index < -0.39 is 11.9 Å². The molecule has 0 saturated heterocycles. The summed E-state index contributed by atoms with van der Waals surface area (Å²) < 4.78 is 1.32. The van der Waals surface area contributed by atoms with Crippen molar-refractivity contribution in [3.05, 3.63) is 57.0 Å². The summed E-state index contributed by atoms with van der Waals surface area (Å²) in [6, 6.07) is 6.73. The minimum absolute atomic E-state index is 0.297. The lowest BCUT2D eigenvalue weighted by Crippen LogP contribution is -2.33. The molecule has 0 fully saturated rings. The van der Waals surface area contributed by atoms with E-state index in [0.717, 1.165) is 16.9 Å². The molecule has 0 radical (unpaired) electrons. The number of carbonyl (C=O) groups is 2. The van der Waals surface area contributed by atoms with Crippen LogP contribution in [0.25, 0.3) is 10.2 Å². The van der Waals surface area contributed by atoms with E-state index in [0.29, 0.717) is 32.8 Å². The fourth-order valence-corrected chi connectivity index (χ4v) is 4.04. The monoisotopic (exact) mass is 384 g/mol. The van der Waals surface area contributed by atoms with E-state index in [1.165, 1.54) is 10.9 Å². The number of aromatic nitrogens is 2. The highest BCUT2D eigenvalue weighted by Gasteiger charge is 2.24. The molecule has 0 bridgehead atoms. The Morgan fingerprint density at radius 1 is 1.33 bits per heavy atom. The zero-order chi connectivity index (χ0) is 19.7. The number of fused-ring (bicyclic) bond motifs is 1. The van der Waals surface area contributed by atoms with E-state index in [2.05, 4.69) is 10.3 Å². The number of amides is 2. The summed E-state index contributed by atoms with van der Waals surface area (Å²) in [6.07, 6.45) is 1.77. The molecule has 27 heavy (non-hydrogen) atoms. The van der Waals surface area contributed by atoms with Crippen LogP contribution in [0, 0.1) is 13.8 Å². The van der Waals surface area contributed by atoms with Crippen LogP contribution in [0.15, 0.2) is 35.4 Å². The largest absolute Gasteiger partial charge is 0.365 e. The Morgan fingerprint density at radius 2 is 2.07 bits per heavy atom. The highest BCUT2D eigenvalue weighted by molar-refractivity contribution is 7.20. The van der Waals surface area contributed by atoms with Crippen molar-refractivity contribution in [3.8, 4) is 0 Å². The smallest absolute Gasteiger partial charge is 0.263 e. The fourth-order valence-electron chi connectivity index (χ4n) is 3.05. The molecule has 2 amide bonds. The van der Waals surface area contributed by atoms with Crippen LogP contribution < -0.4 is 16.6 Å². The summed E-state index contributed by atoms with van der Waals surface area (Å²) in [4.78, 5) is 42.3. The molecule has 0 aliphatic carbocycles. The lowest BCUT2D eigenvalue weighted by Gasteiger charge is -2.18. The molecule has 7 nitrogen and oxygen atoms in total. The molecular weight excluding hydrogens is 364 g/mol. The quantitative estimate of drug-likeness (QED) is 0.705. The standard InChI is InChI=1S/C19H20N4O3S/c1-4-13(17(25)22-12-7-5-6-10(2)8-12)23-9-21-18-14(19(23)26)11(3)15(27-18)16(20)24/h5-9,13H,4H2,1-3H3,(H2,20,24)(H,22,25). The minimum atomic E-state index is -0.716. The number of hydrogen-bond donors (Lipinski definition) is 2. The average molecular weight is 384 g/mol. The topological polar surface area (TPSA) is 107 Å². The average Bonchev–Trinajstić information content (AvgIpc) is 2.95. The molecule has 3 N–H and O–H groups in total. The van der Waals surface area contributed by atoms with Gasteiger partial charge >= 0.3 is 0 Å². The van der Waals surface area contributed by atoms with Gasteiger partial charge in [-0.1, -0.05) is 19.1 Å². The van der Waals surface area contributed by atoms with Crippen molar-refractivity contribution < 1.29 is 9.59 Å². The first-order valence-electron chi connectivity index (χ1n) is 8.51. The van der Waals surface area contributed by atoms with Crippen LogP contribution in [0.4, 0.5) is 5.69 Å². The van der Waals surface area contributed by atoms with Gasteiger partial charge in [-0.2, -0.15) is 0 Å². The van der Waals surface area contributed by atoms with Gasteiger partial charge in [-0.3, -0.25) is 19.0 Å². The van der Waals surface area contributed by atoms with Crippen LogP contribution in [-0.4, -0.2) is 21.4 Å². The Morgan fingerprint density at radius 3 is 2.70 bits per heavy atom. The molecular formula is C19H20N4O3S. The molecule has 3 rings (SSSR count). The van der Waals surface area contributed by atoms with Gasteiger partial charge < -0.3 is 11.1 Å². The van der Waals surface area contributed by atoms with Gasteiger partial charge in [-0.15, -0.1) is 11.3 Å². The van der Waals surface area contributed by atoms with Crippen molar-refractivity contribution in [3.63, 3.8) is 0 Å². The molecule has 1 atom stereocenters. The van der Waals surface area contributed by atoms with E-state index in [1.807, 2.05) is 32.0 Å². The van der Waals surface area contributed by atoms with Crippen molar-refractivity contribution in [1.82, 2.24) is 9.55 Å². The molecule has 8 heteroatoms. The van der Waals surface area contributed by atoms with E-state index in [-0.39, 0.29) is 11.5 Å². The van der Waals surface area contributed by atoms with Gasteiger partial charge in [-0.05, 0) is 43.5 Å². The number of anilines is 1. The molecule has 0 saturated carbocycles. The predicted molar refractivity (Wildman–Crippen MR) is 106 cm³/mol. The zero-order valence-corrected chi connectivity index (χ0v) is 16.1. The summed E-state index contributed by atoms with van der Waals surface area (Å²) in [5.41, 5.74) is 7.21. The van der Waals surface area contributed by atoms with Gasteiger partial charge in [0.25, 0.3) is 11.5 Å². The third kappa shape index (κ3) is 3.48. The van der Waals surface area contributed by atoms with Crippen molar-refractivity contribution in [1.29, 1.82) is 0 Å². The maximum absolute atomic E-state index is 13.0. The second-order valence-electron chi connectivity index (χ2n) is 6.34. The molecule has 2 aromatic heterocycles. The van der Waals surface area contributed by atoms with Crippen molar-refractivity contribution >= 4 is 39.1 Å². The lowest BCUT2D eigenvalue weighted by atomic mass is 10.1. The van der Waals surface area contributed by atoms with Gasteiger partial charge in [0.1, 0.15) is 10.9 Å². The van der Waals surface area contributed by atoms with Crippen LogP contribution in [0.2, 0.25) is 0 Å². The molecule has 0 aliphatic rings. The molecule has 3 aromatic rings. The minimum Gasteiger partial charge on any atom is -0.365 e. The van der Waals surface area contributed by atoms with Gasteiger partial charge in [0, 0.05) is 5.69 Å². The SMILES string of the molecule is CCC(C(=O)Nc1cccc(C)c1)n1cnc2sc(C(N)=O)c(C)c2c1=O. The number of primary amides is 1. The molecule has 140 valence electrons. The summed E-state index contributed by atoms with van der Waals surface area (Å²) in [6.45, 7) is 5.43. The summed E-state index contributed by atoms with van der Waals surface area (Å²) in [5, 5.41) is 3.18. The Kier molecular flexibility index (Phi) is 5.09. The van der Waals surface area contributed by atoms with Crippen LogP contribution in [-0.2, 0) is 4.79 Å². The van der Waals surface area contributed by atoms with Gasteiger partial charge in [0.15, 0.2) is 0 Å². The van der Waals surface area contributed by atoms with E-state index in [9.17, 15) is 14.4 Å². The number of aryl methyl sites for hydroxylation is 2. The number of hydrogen-bond acceptors (Lipinski definition) is 5. The highest BCUT2D eigenvalue weighted by atomic mass is 32.1. The van der Waals surface area contributed by atoms with Gasteiger partial charge in [0.2, 0.25) is 5.91 Å². The summed E-state index contributed by atoms with van der Waals surface area (Å²) in [7, 11) is 0. The number of rotatable bonds is 5. The van der Waals surface area contributed by atoms with E-state index >= 15 is 0 Å². The normalized spacial score (nSPS) is 12.1. The molecule has 2 heterocycles. The number of carbonyl (C=O) groups excluding carboxylic acids is 2. The Hall–Kier alpha value is -3.00. The molecule has 1 aromatic carbocycles. The third-order valence-corrected chi connectivity index (χ3v) is 5.62. The second-order valence-corrected chi connectivity index (χ2v) is 7.34. The van der Waals surface area contributed by atoms with Crippen molar-refractivity contribution in [2.24, 2.45) is 5.73 Å². The number of thiophene rings is 1. The van der Waals surface area contributed by atoms with Gasteiger partial charge in [-0.25, -0.2) is 4.98 Å². The number of nitrogens with zero attached hydrogens (tertiary/aromatic N) is 2. The Labute approximate surface area is 159 Å². The fraction of sp³-hybridized carbons (Fsp3) is 0.263. The van der Waals surface area contributed by atoms with Crippen molar-refractivity contribution in [2.75, 3.05) is 5.32 Å². The summed E-state index contributed by atoms with van der Waals surface area (Å²) >= 11 is 1.09.